The third kappa shape index (κ3) is 8.48. The van der Waals surface area contributed by atoms with Crippen LogP contribution in [-0.4, -0.2) is 55.3 Å². The van der Waals surface area contributed by atoms with E-state index in [-0.39, 0.29) is 34.8 Å². The van der Waals surface area contributed by atoms with E-state index in [0.717, 1.165) is 10.4 Å². The number of anilines is 1. The van der Waals surface area contributed by atoms with E-state index in [4.69, 9.17) is 16.3 Å². The third-order valence-electron chi connectivity index (χ3n) is 6.75. The molecule has 11 nitrogen and oxygen atoms in total. The first kappa shape index (κ1) is 34.3. The molecule has 0 spiro atoms. The van der Waals surface area contributed by atoms with Gasteiger partial charge in [-0.15, -0.1) is 0 Å². The second-order valence-electron chi connectivity index (χ2n) is 11.2. The van der Waals surface area contributed by atoms with Crippen LogP contribution in [-0.2, 0) is 26.2 Å². The van der Waals surface area contributed by atoms with Crippen LogP contribution >= 0.6 is 11.6 Å². The van der Waals surface area contributed by atoms with E-state index in [9.17, 15) is 28.1 Å². The van der Waals surface area contributed by atoms with Crippen LogP contribution in [0.15, 0.2) is 71.6 Å². The average Bonchev–Trinajstić information content (AvgIpc) is 2.95. The summed E-state index contributed by atoms with van der Waals surface area (Å²) in [5, 5.41) is 15.0. The first-order chi connectivity index (χ1) is 20.6. The zero-order chi connectivity index (χ0) is 32.8. The van der Waals surface area contributed by atoms with Gasteiger partial charge in [-0.1, -0.05) is 36.7 Å². The standard InChI is InChI=1S/C31H37ClN4O7S/c1-7-27(30(38)33-31(3,4)5)34(19-22-9-11-23(32)12-10-22)29(37)20-35(24-13-15-25(43-6)16-14-24)44(41,42)26-17-8-21(2)28(18-26)36(39)40/h8-18,27H,7,19-20H2,1-6H3,(H,33,38)/t27-/m1/s1. The molecule has 0 fully saturated rings. The van der Waals surface area contributed by atoms with Crippen LogP contribution in [0.2, 0.25) is 5.02 Å². The Labute approximate surface area is 263 Å². The summed E-state index contributed by atoms with van der Waals surface area (Å²) in [5.74, 6) is -0.593. The highest BCUT2D eigenvalue weighted by atomic mass is 35.5. The summed E-state index contributed by atoms with van der Waals surface area (Å²) in [6, 6.07) is 15.4. The second-order valence-corrected chi connectivity index (χ2v) is 13.5. The largest absolute Gasteiger partial charge is 0.497 e. The maximum absolute atomic E-state index is 14.2. The van der Waals surface area contributed by atoms with E-state index in [1.54, 1.807) is 31.2 Å². The summed E-state index contributed by atoms with van der Waals surface area (Å²) in [7, 11) is -3.05. The number of carbonyl (C=O) groups excluding carboxylic acids is 2. The number of nitrogens with one attached hydrogen (secondary N) is 1. The van der Waals surface area contributed by atoms with Crippen molar-refractivity contribution in [3.8, 4) is 5.75 Å². The fourth-order valence-corrected chi connectivity index (χ4v) is 6.07. The Kier molecular flexibility index (Phi) is 11.0. The first-order valence-corrected chi connectivity index (χ1v) is 15.7. The molecule has 1 N–H and O–H groups in total. The molecule has 0 heterocycles. The van der Waals surface area contributed by atoms with Crippen molar-refractivity contribution in [1.29, 1.82) is 0 Å². The number of hydrogen-bond donors (Lipinski definition) is 1. The number of rotatable bonds is 12. The maximum atomic E-state index is 14.2. The van der Waals surface area contributed by atoms with Gasteiger partial charge >= 0.3 is 0 Å². The molecule has 44 heavy (non-hydrogen) atoms. The zero-order valence-corrected chi connectivity index (χ0v) is 27.1. The lowest BCUT2D eigenvalue weighted by molar-refractivity contribution is -0.385. The van der Waals surface area contributed by atoms with Gasteiger partial charge in [0.25, 0.3) is 15.7 Å². The fourth-order valence-electron chi connectivity index (χ4n) is 4.51. The number of hydrogen-bond acceptors (Lipinski definition) is 7. The maximum Gasteiger partial charge on any atom is 0.273 e. The number of ether oxygens (including phenoxy) is 1. The Morgan fingerprint density at radius 2 is 1.66 bits per heavy atom. The average molecular weight is 645 g/mol. The molecule has 0 aliphatic heterocycles. The van der Waals surface area contributed by atoms with Crippen molar-refractivity contribution in [2.75, 3.05) is 18.0 Å². The molecular formula is C31H37ClN4O7S. The van der Waals surface area contributed by atoms with Crippen LogP contribution < -0.4 is 14.4 Å². The van der Waals surface area contributed by atoms with Gasteiger partial charge in [0, 0.05) is 28.7 Å². The minimum absolute atomic E-state index is 0.00141. The minimum atomic E-state index is -4.51. The van der Waals surface area contributed by atoms with Gasteiger partial charge < -0.3 is 15.0 Å². The van der Waals surface area contributed by atoms with Gasteiger partial charge in [-0.3, -0.25) is 24.0 Å². The summed E-state index contributed by atoms with van der Waals surface area (Å²) in [5.41, 5.74) is 0.129. The molecule has 0 aliphatic rings. The van der Waals surface area contributed by atoms with Crippen molar-refractivity contribution in [3.63, 3.8) is 0 Å². The van der Waals surface area contributed by atoms with Crippen molar-refractivity contribution < 1.29 is 27.7 Å². The molecule has 3 aromatic rings. The van der Waals surface area contributed by atoms with E-state index >= 15 is 0 Å². The number of benzene rings is 3. The fraction of sp³-hybridized carbons (Fsp3) is 0.355. The third-order valence-corrected chi connectivity index (χ3v) is 8.78. The SMILES string of the molecule is CC[C@H](C(=O)NC(C)(C)C)N(Cc1ccc(Cl)cc1)C(=O)CN(c1ccc(OC)cc1)S(=O)(=O)c1ccc(C)c([N+](=O)[O-])c1. The molecule has 0 bridgehead atoms. The predicted molar refractivity (Wildman–Crippen MR) is 169 cm³/mol. The molecule has 0 saturated carbocycles. The molecular weight excluding hydrogens is 608 g/mol. The van der Waals surface area contributed by atoms with Crippen LogP contribution in [0.4, 0.5) is 11.4 Å². The van der Waals surface area contributed by atoms with E-state index in [2.05, 4.69) is 5.32 Å². The number of aryl methyl sites for hydroxylation is 1. The minimum Gasteiger partial charge on any atom is -0.497 e. The number of nitro groups is 1. The van der Waals surface area contributed by atoms with Crippen molar-refractivity contribution in [2.45, 2.75) is 64.1 Å². The van der Waals surface area contributed by atoms with Gasteiger partial charge in [-0.2, -0.15) is 0 Å². The number of methoxy groups -OCH3 is 1. The Bertz CT molecular complexity index is 1610. The Balaban J connectivity index is 2.13. The van der Waals surface area contributed by atoms with Gasteiger partial charge in [0.05, 0.1) is 22.6 Å². The van der Waals surface area contributed by atoms with Crippen LogP contribution in [0, 0.1) is 17.0 Å². The van der Waals surface area contributed by atoms with Gasteiger partial charge in [-0.25, -0.2) is 8.42 Å². The van der Waals surface area contributed by atoms with Crippen LogP contribution in [0.25, 0.3) is 0 Å². The smallest absolute Gasteiger partial charge is 0.273 e. The number of carbonyl (C=O) groups is 2. The molecule has 13 heteroatoms. The number of amides is 2. The van der Waals surface area contributed by atoms with E-state index in [1.807, 2.05) is 20.8 Å². The van der Waals surface area contributed by atoms with Gasteiger partial charge in [0.1, 0.15) is 18.3 Å². The number of sulfonamides is 1. The summed E-state index contributed by atoms with van der Waals surface area (Å²) in [4.78, 5) is 39.5. The molecule has 0 aromatic heterocycles. The first-order valence-electron chi connectivity index (χ1n) is 13.8. The number of nitrogens with zero attached hydrogens (tertiary/aromatic N) is 3. The predicted octanol–water partition coefficient (Wildman–Crippen LogP) is 5.48. The van der Waals surface area contributed by atoms with E-state index in [1.165, 1.54) is 55.3 Å². The molecule has 0 aliphatic carbocycles. The highest BCUT2D eigenvalue weighted by molar-refractivity contribution is 7.92. The molecule has 0 saturated heterocycles. The number of nitro benzene ring substituents is 1. The highest BCUT2D eigenvalue weighted by Gasteiger charge is 2.35. The Hall–Kier alpha value is -4.16. The monoisotopic (exact) mass is 644 g/mol. The number of halogens is 1. The summed E-state index contributed by atoms with van der Waals surface area (Å²) in [6.45, 7) is 8.03. The van der Waals surface area contributed by atoms with Gasteiger partial charge in [-0.05, 0) is 82.1 Å². The molecule has 3 aromatic carbocycles. The lowest BCUT2D eigenvalue weighted by Crippen LogP contribution is -2.55. The zero-order valence-electron chi connectivity index (χ0n) is 25.5. The highest BCUT2D eigenvalue weighted by Crippen LogP contribution is 2.30. The van der Waals surface area contributed by atoms with Gasteiger partial charge in [0.2, 0.25) is 11.8 Å². The van der Waals surface area contributed by atoms with Crippen LogP contribution in [0.1, 0.15) is 45.2 Å². The lowest BCUT2D eigenvalue weighted by atomic mass is 10.1. The molecule has 1 atom stereocenters. The van der Waals surface area contributed by atoms with Crippen molar-refractivity contribution >= 4 is 44.8 Å². The molecule has 2 amide bonds. The summed E-state index contributed by atoms with van der Waals surface area (Å²) >= 11 is 6.06. The van der Waals surface area contributed by atoms with Crippen molar-refractivity contribution in [3.05, 3.63) is 93.0 Å². The topological polar surface area (TPSA) is 139 Å². The summed E-state index contributed by atoms with van der Waals surface area (Å²) in [6.07, 6.45) is 0.251. The lowest BCUT2D eigenvalue weighted by Gasteiger charge is -2.34. The second kappa shape index (κ2) is 14.1. The normalized spacial score (nSPS) is 12.2. The molecule has 236 valence electrons. The molecule has 3 rings (SSSR count). The quantitative estimate of drug-likeness (QED) is 0.203. The Morgan fingerprint density at radius 3 is 2.18 bits per heavy atom. The van der Waals surface area contributed by atoms with Crippen LogP contribution in [0.3, 0.4) is 0 Å². The van der Waals surface area contributed by atoms with E-state index < -0.39 is 44.9 Å². The van der Waals surface area contributed by atoms with Crippen LogP contribution in [0.5, 0.6) is 5.75 Å². The molecule has 0 unspecified atom stereocenters. The van der Waals surface area contributed by atoms with Crippen molar-refractivity contribution in [1.82, 2.24) is 10.2 Å². The molecule has 0 radical (unpaired) electrons. The Morgan fingerprint density at radius 1 is 1.05 bits per heavy atom. The van der Waals surface area contributed by atoms with Crippen molar-refractivity contribution in [2.24, 2.45) is 0 Å². The van der Waals surface area contributed by atoms with Gasteiger partial charge in [0.15, 0.2) is 0 Å². The summed E-state index contributed by atoms with van der Waals surface area (Å²) < 4.78 is 34.3. The van der Waals surface area contributed by atoms with E-state index in [0.29, 0.717) is 16.3 Å².